The van der Waals surface area contributed by atoms with Crippen molar-refractivity contribution in [3.8, 4) is 0 Å². The molecule has 1 aliphatic rings. The molecule has 0 atom stereocenters. The van der Waals surface area contributed by atoms with E-state index in [1.165, 1.54) is 0 Å². The SMILES string of the molecule is CCCC1=NC=NCc2cccc(C(C)=O)c21. The van der Waals surface area contributed by atoms with Crippen LogP contribution in [0.4, 0.5) is 0 Å². The summed E-state index contributed by atoms with van der Waals surface area (Å²) in [7, 11) is 0. The van der Waals surface area contributed by atoms with Gasteiger partial charge in [-0.15, -0.1) is 0 Å². The van der Waals surface area contributed by atoms with Crippen molar-refractivity contribution in [2.24, 2.45) is 9.98 Å². The van der Waals surface area contributed by atoms with E-state index in [0.29, 0.717) is 6.54 Å². The molecular formula is C14H16N2O. The molecule has 0 bridgehead atoms. The zero-order valence-electron chi connectivity index (χ0n) is 10.2. The maximum absolute atomic E-state index is 11.7. The number of hydrogen-bond donors (Lipinski definition) is 0. The smallest absolute Gasteiger partial charge is 0.160 e. The van der Waals surface area contributed by atoms with Gasteiger partial charge in [0.2, 0.25) is 0 Å². The molecule has 0 saturated carbocycles. The summed E-state index contributed by atoms with van der Waals surface area (Å²) in [6.45, 7) is 4.32. The van der Waals surface area contributed by atoms with Gasteiger partial charge in [0.25, 0.3) is 0 Å². The first-order valence-electron chi connectivity index (χ1n) is 5.92. The predicted octanol–water partition coefficient (Wildman–Crippen LogP) is 3.02. The molecule has 0 N–H and O–H groups in total. The van der Waals surface area contributed by atoms with Crippen LogP contribution in [0.2, 0.25) is 0 Å². The number of nitrogens with zero attached hydrogens (tertiary/aromatic N) is 2. The first-order valence-corrected chi connectivity index (χ1v) is 5.92. The summed E-state index contributed by atoms with van der Waals surface area (Å²) in [5.41, 5.74) is 3.84. The third-order valence-electron chi connectivity index (χ3n) is 2.86. The second-order valence-electron chi connectivity index (χ2n) is 4.18. The van der Waals surface area contributed by atoms with Gasteiger partial charge in [-0.3, -0.25) is 9.79 Å². The Balaban J connectivity index is 2.60. The van der Waals surface area contributed by atoms with Gasteiger partial charge in [0.1, 0.15) is 6.34 Å². The highest BCUT2D eigenvalue weighted by Crippen LogP contribution is 2.21. The lowest BCUT2D eigenvalue weighted by Gasteiger charge is -2.12. The highest BCUT2D eigenvalue weighted by molar-refractivity contribution is 6.13. The minimum Gasteiger partial charge on any atom is -0.294 e. The van der Waals surface area contributed by atoms with Gasteiger partial charge in [-0.1, -0.05) is 31.5 Å². The molecule has 1 aliphatic heterocycles. The molecule has 0 fully saturated rings. The van der Waals surface area contributed by atoms with E-state index in [1.54, 1.807) is 13.3 Å². The zero-order chi connectivity index (χ0) is 12.3. The van der Waals surface area contributed by atoms with Crippen molar-refractivity contribution in [2.45, 2.75) is 33.2 Å². The summed E-state index contributed by atoms with van der Waals surface area (Å²) in [5.74, 6) is 0.0903. The van der Waals surface area contributed by atoms with Crippen LogP contribution in [0.15, 0.2) is 28.2 Å². The standard InChI is InChI=1S/C14H16N2O/c1-3-5-13-14-11(8-15-9-16-13)6-4-7-12(14)10(2)17/h4,6-7,9H,3,5,8H2,1-2H3. The maximum atomic E-state index is 11.7. The molecule has 0 radical (unpaired) electrons. The van der Waals surface area contributed by atoms with Crippen LogP contribution >= 0.6 is 0 Å². The van der Waals surface area contributed by atoms with E-state index in [0.717, 1.165) is 35.2 Å². The molecule has 17 heavy (non-hydrogen) atoms. The van der Waals surface area contributed by atoms with E-state index in [2.05, 4.69) is 16.9 Å². The second-order valence-corrected chi connectivity index (χ2v) is 4.18. The Hall–Kier alpha value is -1.77. The Morgan fingerprint density at radius 2 is 2.24 bits per heavy atom. The first kappa shape index (κ1) is 11.7. The van der Waals surface area contributed by atoms with Gasteiger partial charge in [-0.05, 0) is 18.9 Å². The summed E-state index contributed by atoms with van der Waals surface area (Å²) < 4.78 is 0. The van der Waals surface area contributed by atoms with Crippen LogP contribution in [-0.2, 0) is 6.54 Å². The lowest BCUT2D eigenvalue weighted by molar-refractivity contribution is 0.101. The molecule has 0 aliphatic carbocycles. The highest BCUT2D eigenvalue weighted by Gasteiger charge is 2.17. The summed E-state index contributed by atoms with van der Waals surface area (Å²) in [4.78, 5) is 20.3. The van der Waals surface area contributed by atoms with Crippen LogP contribution in [0.25, 0.3) is 0 Å². The van der Waals surface area contributed by atoms with E-state index in [-0.39, 0.29) is 5.78 Å². The van der Waals surface area contributed by atoms with Crippen LogP contribution in [0.3, 0.4) is 0 Å². The zero-order valence-corrected chi connectivity index (χ0v) is 10.2. The van der Waals surface area contributed by atoms with Gasteiger partial charge >= 0.3 is 0 Å². The number of carbonyl (C=O) groups excluding carboxylic acids is 1. The normalized spacial score (nSPS) is 13.9. The number of ketones is 1. The molecular weight excluding hydrogens is 212 g/mol. The fourth-order valence-corrected chi connectivity index (χ4v) is 2.11. The van der Waals surface area contributed by atoms with E-state index in [4.69, 9.17) is 0 Å². The van der Waals surface area contributed by atoms with Crippen molar-refractivity contribution >= 4 is 17.8 Å². The summed E-state index contributed by atoms with van der Waals surface area (Å²) in [6.07, 6.45) is 3.50. The molecule has 3 heteroatoms. The molecule has 1 heterocycles. The topological polar surface area (TPSA) is 41.8 Å². The average Bonchev–Trinajstić information content (AvgIpc) is 2.52. The van der Waals surface area contributed by atoms with Gasteiger partial charge in [-0.25, -0.2) is 4.99 Å². The molecule has 2 rings (SSSR count). The third kappa shape index (κ3) is 2.33. The van der Waals surface area contributed by atoms with Crippen molar-refractivity contribution in [3.05, 3.63) is 34.9 Å². The number of benzene rings is 1. The predicted molar refractivity (Wildman–Crippen MR) is 70.1 cm³/mol. The van der Waals surface area contributed by atoms with Crippen molar-refractivity contribution in [1.29, 1.82) is 0 Å². The number of Topliss-reactive ketones (excluding diaryl/α,β-unsaturated/α-hetero) is 1. The van der Waals surface area contributed by atoms with Gasteiger partial charge < -0.3 is 0 Å². The van der Waals surface area contributed by atoms with Crippen LogP contribution in [-0.4, -0.2) is 17.8 Å². The Kier molecular flexibility index (Phi) is 3.47. The van der Waals surface area contributed by atoms with Gasteiger partial charge in [0.15, 0.2) is 5.78 Å². The molecule has 0 saturated heterocycles. The van der Waals surface area contributed by atoms with E-state index >= 15 is 0 Å². The number of rotatable bonds is 3. The monoisotopic (exact) mass is 228 g/mol. The summed E-state index contributed by atoms with van der Waals surface area (Å²) in [5, 5.41) is 0. The molecule has 88 valence electrons. The van der Waals surface area contributed by atoms with Crippen LogP contribution in [0.5, 0.6) is 0 Å². The lowest BCUT2D eigenvalue weighted by Crippen LogP contribution is -2.10. The average molecular weight is 228 g/mol. The largest absolute Gasteiger partial charge is 0.294 e. The highest BCUT2D eigenvalue weighted by atomic mass is 16.1. The van der Waals surface area contributed by atoms with Crippen molar-refractivity contribution < 1.29 is 4.79 Å². The Morgan fingerprint density at radius 1 is 1.41 bits per heavy atom. The molecule has 0 unspecified atom stereocenters. The molecule has 0 aromatic heterocycles. The molecule has 0 spiro atoms. The van der Waals surface area contributed by atoms with Crippen LogP contribution in [0, 0.1) is 0 Å². The number of carbonyl (C=O) groups is 1. The van der Waals surface area contributed by atoms with E-state index in [9.17, 15) is 4.79 Å². The maximum Gasteiger partial charge on any atom is 0.160 e. The number of fused-ring (bicyclic) bond motifs is 1. The van der Waals surface area contributed by atoms with Crippen LogP contribution < -0.4 is 0 Å². The molecule has 1 aromatic carbocycles. The minimum absolute atomic E-state index is 0.0903. The number of hydrogen-bond acceptors (Lipinski definition) is 3. The fraction of sp³-hybridized carbons (Fsp3) is 0.357. The molecule has 3 nitrogen and oxygen atoms in total. The Bertz CT molecular complexity index is 501. The Labute approximate surface area is 101 Å². The van der Waals surface area contributed by atoms with E-state index < -0.39 is 0 Å². The number of aliphatic imine (C=N–C) groups is 2. The van der Waals surface area contributed by atoms with Crippen LogP contribution in [0.1, 0.15) is 48.2 Å². The summed E-state index contributed by atoms with van der Waals surface area (Å²) >= 11 is 0. The van der Waals surface area contributed by atoms with E-state index in [1.807, 2.05) is 18.2 Å². The third-order valence-corrected chi connectivity index (χ3v) is 2.86. The molecule has 1 aromatic rings. The van der Waals surface area contributed by atoms with Crippen molar-refractivity contribution in [2.75, 3.05) is 0 Å². The van der Waals surface area contributed by atoms with Gasteiger partial charge in [0.05, 0.1) is 12.3 Å². The van der Waals surface area contributed by atoms with Crippen molar-refractivity contribution in [1.82, 2.24) is 0 Å². The molecule has 0 amide bonds. The van der Waals surface area contributed by atoms with Gasteiger partial charge in [-0.2, -0.15) is 0 Å². The lowest BCUT2D eigenvalue weighted by atomic mass is 9.93. The quantitative estimate of drug-likeness (QED) is 0.733. The van der Waals surface area contributed by atoms with Gasteiger partial charge in [0, 0.05) is 11.1 Å². The summed E-state index contributed by atoms with van der Waals surface area (Å²) in [6, 6.07) is 5.81. The minimum atomic E-state index is 0.0903. The second kappa shape index (κ2) is 5.04. The fourth-order valence-electron chi connectivity index (χ4n) is 2.11. The first-order chi connectivity index (χ1) is 8.24. The Morgan fingerprint density at radius 3 is 2.94 bits per heavy atom. The van der Waals surface area contributed by atoms with Crippen molar-refractivity contribution in [3.63, 3.8) is 0 Å².